The molecule has 1 aliphatic heterocycles. The standard InChI is InChI=1S/C33H35ClN2O6/c1-32(2,3)20-11-15-25(23(17-20)33(4,5)6)42-31(39)19-9-12-21(13-10-19)35-28-27(34)29(37)36(30(28)38)24-18-22(40-7)14-16-26(24)41-8/h9-18,35H,1-8H3. The third-order valence-corrected chi connectivity index (χ3v) is 7.25. The van der Waals surface area contributed by atoms with E-state index in [4.69, 9.17) is 25.8 Å². The molecule has 1 aliphatic rings. The van der Waals surface area contributed by atoms with Crippen molar-refractivity contribution in [3.05, 3.63) is 88.1 Å². The van der Waals surface area contributed by atoms with Gasteiger partial charge in [0.1, 0.15) is 28.0 Å². The van der Waals surface area contributed by atoms with E-state index < -0.39 is 17.8 Å². The molecule has 0 atom stereocenters. The largest absolute Gasteiger partial charge is 0.497 e. The molecule has 9 heteroatoms. The zero-order chi connectivity index (χ0) is 31.0. The van der Waals surface area contributed by atoms with Crippen molar-refractivity contribution in [2.45, 2.75) is 52.4 Å². The van der Waals surface area contributed by atoms with E-state index in [-0.39, 0.29) is 27.2 Å². The Labute approximate surface area is 251 Å². The Kier molecular flexibility index (Phi) is 8.41. The predicted molar refractivity (Wildman–Crippen MR) is 164 cm³/mol. The molecular weight excluding hydrogens is 556 g/mol. The monoisotopic (exact) mass is 590 g/mol. The minimum Gasteiger partial charge on any atom is -0.497 e. The molecule has 3 aromatic carbocycles. The van der Waals surface area contributed by atoms with E-state index >= 15 is 0 Å². The number of halogens is 1. The van der Waals surface area contributed by atoms with E-state index in [2.05, 4.69) is 52.9 Å². The number of benzene rings is 3. The average molecular weight is 591 g/mol. The number of rotatable bonds is 7. The van der Waals surface area contributed by atoms with Gasteiger partial charge in [-0.1, -0.05) is 65.3 Å². The van der Waals surface area contributed by atoms with Crippen molar-refractivity contribution in [3.8, 4) is 17.2 Å². The molecule has 0 saturated carbocycles. The van der Waals surface area contributed by atoms with Crippen LogP contribution in [0.5, 0.6) is 17.2 Å². The van der Waals surface area contributed by atoms with Gasteiger partial charge < -0.3 is 19.5 Å². The third-order valence-electron chi connectivity index (χ3n) is 6.90. The lowest BCUT2D eigenvalue weighted by atomic mass is 9.80. The highest BCUT2D eigenvalue weighted by Gasteiger charge is 2.40. The molecule has 0 bridgehead atoms. The van der Waals surface area contributed by atoms with E-state index in [1.807, 2.05) is 12.1 Å². The summed E-state index contributed by atoms with van der Waals surface area (Å²) in [5, 5.41) is 2.64. The molecule has 1 heterocycles. The van der Waals surface area contributed by atoms with Crippen LogP contribution < -0.4 is 24.4 Å². The number of nitrogens with zero attached hydrogens (tertiary/aromatic N) is 1. The van der Waals surface area contributed by atoms with Crippen LogP contribution in [0.15, 0.2) is 71.4 Å². The molecule has 0 radical (unpaired) electrons. The summed E-state index contributed by atoms with van der Waals surface area (Å²) < 4.78 is 16.4. The number of esters is 1. The maximum atomic E-state index is 13.3. The average Bonchev–Trinajstić information content (AvgIpc) is 3.14. The summed E-state index contributed by atoms with van der Waals surface area (Å²) in [6.45, 7) is 12.7. The van der Waals surface area contributed by atoms with Crippen molar-refractivity contribution in [2.75, 3.05) is 24.4 Å². The minimum atomic E-state index is -0.706. The number of nitrogens with one attached hydrogen (secondary N) is 1. The van der Waals surface area contributed by atoms with Crippen molar-refractivity contribution in [1.29, 1.82) is 0 Å². The Morgan fingerprint density at radius 1 is 0.786 bits per heavy atom. The van der Waals surface area contributed by atoms with Gasteiger partial charge in [0.15, 0.2) is 0 Å². The van der Waals surface area contributed by atoms with Crippen molar-refractivity contribution in [1.82, 2.24) is 0 Å². The van der Waals surface area contributed by atoms with Gasteiger partial charge in [0.2, 0.25) is 0 Å². The van der Waals surface area contributed by atoms with Crippen molar-refractivity contribution >= 4 is 40.8 Å². The molecule has 0 fully saturated rings. The fraction of sp³-hybridized carbons (Fsp3) is 0.303. The van der Waals surface area contributed by atoms with Crippen LogP contribution in [-0.2, 0) is 20.4 Å². The van der Waals surface area contributed by atoms with Crippen LogP contribution in [-0.4, -0.2) is 32.0 Å². The van der Waals surface area contributed by atoms with Gasteiger partial charge in [0.25, 0.3) is 11.8 Å². The highest BCUT2D eigenvalue weighted by molar-refractivity contribution is 6.53. The number of hydrogen-bond donors (Lipinski definition) is 1. The van der Waals surface area contributed by atoms with Crippen LogP contribution in [0.4, 0.5) is 11.4 Å². The van der Waals surface area contributed by atoms with Gasteiger partial charge in [-0.05, 0) is 58.9 Å². The van der Waals surface area contributed by atoms with E-state index in [0.717, 1.165) is 16.0 Å². The lowest BCUT2D eigenvalue weighted by molar-refractivity contribution is -0.120. The summed E-state index contributed by atoms with van der Waals surface area (Å²) >= 11 is 6.31. The first-order chi connectivity index (χ1) is 19.6. The number of anilines is 2. The summed E-state index contributed by atoms with van der Waals surface area (Å²) in [6.07, 6.45) is 0. The van der Waals surface area contributed by atoms with E-state index in [1.54, 1.807) is 36.4 Å². The van der Waals surface area contributed by atoms with Gasteiger partial charge in [-0.15, -0.1) is 0 Å². The fourth-order valence-corrected chi connectivity index (χ4v) is 4.68. The Morgan fingerprint density at radius 2 is 1.43 bits per heavy atom. The van der Waals surface area contributed by atoms with Crippen LogP contribution in [0.3, 0.4) is 0 Å². The lowest BCUT2D eigenvalue weighted by Gasteiger charge is -2.26. The summed E-state index contributed by atoms with van der Waals surface area (Å²) in [6, 6.07) is 17.0. The Balaban J connectivity index is 1.53. The van der Waals surface area contributed by atoms with Crippen LogP contribution in [0.25, 0.3) is 0 Å². The van der Waals surface area contributed by atoms with Gasteiger partial charge in [0, 0.05) is 17.3 Å². The molecule has 8 nitrogen and oxygen atoms in total. The number of methoxy groups -OCH3 is 2. The van der Waals surface area contributed by atoms with Gasteiger partial charge in [0.05, 0.1) is 25.5 Å². The molecule has 4 rings (SSSR count). The fourth-order valence-electron chi connectivity index (χ4n) is 4.47. The number of ether oxygens (including phenoxy) is 3. The zero-order valence-corrected chi connectivity index (χ0v) is 25.8. The van der Waals surface area contributed by atoms with E-state index in [0.29, 0.717) is 28.5 Å². The number of carbonyl (C=O) groups excluding carboxylic acids is 3. The summed E-state index contributed by atoms with van der Waals surface area (Å²) in [5.41, 5.74) is 2.66. The second-order valence-corrected chi connectivity index (χ2v) is 12.4. The maximum Gasteiger partial charge on any atom is 0.343 e. The molecule has 0 saturated heterocycles. The number of carbonyl (C=O) groups is 3. The molecule has 0 aliphatic carbocycles. The summed E-state index contributed by atoms with van der Waals surface area (Å²) in [4.78, 5) is 40.3. The highest BCUT2D eigenvalue weighted by Crippen LogP contribution is 2.38. The minimum absolute atomic E-state index is 0.0495. The first kappa shape index (κ1) is 30.7. The summed E-state index contributed by atoms with van der Waals surface area (Å²) in [7, 11) is 2.91. The van der Waals surface area contributed by atoms with Crippen molar-refractivity contribution in [3.63, 3.8) is 0 Å². The molecule has 1 N–H and O–H groups in total. The Morgan fingerprint density at radius 3 is 2.00 bits per heavy atom. The second kappa shape index (κ2) is 11.5. The first-order valence-electron chi connectivity index (χ1n) is 13.4. The van der Waals surface area contributed by atoms with Crippen LogP contribution in [0.2, 0.25) is 0 Å². The summed E-state index contributed by atoms with van der Waals surface area (Å²) in [5.74, 6) is -0.643. The Bertz CT molecular complexity index is 1580. The van der Waals surface area contributed by atoms with Crippen molar-refractivity contribution < 1.29 is 28.6 Å². The number of hydrogen-bond acceptors (Lipinski definition) is 7. The quantitative estimate of drug-likeness (QED) is 0.181. The normalized spacial score (nSPS) is 13.9. The first-order valence-corrected chi connectivity index (χ1v) is 13.8. The topological polar surface area (TPSA) is 94.2 Å². The number of amides is 2. The van der Waals surface area contributed by atoms with Gasteiger partial charge in [-0.2, -0.15) is 0 Å². The molecular formula is C33H35ClN2O6. The highest BCUT2D eigenvalue weighted by atomic mass is 35.5. The Hall–Kier alpha value is -4.30. The van der Waals surface area contributed by atoms with Gasteiger partial charge in [-0.25, -0.2) is 9.69 Å². The third kappa shape index (κ3) is 6.14. The van der Waals surface area contributed by atoms with Crippen LogP contribution in [0.1, 0.15) is 63.0 Å². The molecule has 0 unspecified atom stereocenters. The molecule has 3 aromatic rings. The predicted octanol–water partition coefficient (Wildman–Crippen LogP) is 6.95. The SMILES string of the molecule is COc1ccc(OC)c(N2C(=O)C(Cl)=C(Nc3ccc(C(=O)Oc4ccc(C(C)(C)C)cc4C(C)(C)C)cc3)C2=O)c1. The molecule has 220 valence electrons. The molecule has 0 aromatic heterocycles. The lowest BCUT2D eigenvalue weighted by Crippen LogP contribution is -2.32. The van der Waals surface area contributed by atoms with E-state index in [9.17, 15) is 14.4 Å². The smallest absolute Gasteiger partial charge is 0.343 e. The van der Waals surface area contributed by atoms with Gasteiger partial charge >= 0.3 is 5.97 Å². The molecule has 2 amide bonds. The number of imide groups is 1. The van der Waals surface area contributed by atoms with Crippen LogP contribution in [0, 0.1) is 0 Å². The van der Waals surface area contributed by atoms with Crippen molar-refractivity contribution in [2.24, 2.45) is 0 Å². The molecule has 42 heavy (non-hydrogen) atoms. The van der Waals surface area contributed by atoms with Crippen LogP contribution >= 0.6 is 11.6 Å². The van der Waals surface area contributed by atoms with Gasteiger partial charge in [-0.3, -0.25) is 9.59 Å². The molecule has 0 spiro atoms. The second-order valence-electron chi connectivity index (χ2n) is 12.0. The van der Waals surface area contributed by atoms with E-state index in [1.165, 1.54) is 20.3 Å². The maximum absolute atomic E-state index is 13.3. The zero-order valence-electron chi connectivity index (χ0n) is 25.0.